The van der Waals surface area contributed by atoms with Crippen molar-refractivity contribution in [1.82, 2.24) is 0 Å². The van der Waals surface area contributed by atoms with Gasteiger partial charge < -0.3 is 15.4 Å². The van der Waals surface area contributed by atoms with Crippen LogP contribution < -0.4 is 15.4 Å². The molecular weight excluding hydrogens is 212 g/mol. The maximum absolute atomic E-state index is 6.12. The van der Waals surface area contributed by atoms with Crippen LogP contribution in [0.2, 0.25) is 0 Å². The van der Waals surface area contributed by atoms with Crippen LogP contribution in [0.3, 0.4) is 0 Å². The molecule has 0 spiro atoms. The summed E-state index contributed by atoms with van der Waals surface area (Å²) in [5, 5.41) is 0. The quantitative estimate of drug-likeness (QED) is 0.820. The monoisotopic (exact) mass is 234 g/mol. The molecule has 1 saturated carbocycles. The molecule has 1 unspecified atom stereocenters. The Kier molecular flexibility index (Phi) is 3.89. The van der Waals surface area contributed by atoms with Gasteiger partial charge in [-0.05, 0) is 37.3 Å². The van der Waals surface area contributed by atoms with Gasteiger partial charge in [0, 0.05) is 19.6 Å². The van der Waals surface area contributed by atoms with E-state index in [-0.39, 0.29) is 0 Å². The summed E-state index contributed by atoms with van der Waals surface area (Å²) in [5.74, 6) is 1.70. The summed E-state index contributed by atoms with van der Waals surface area (Å²) >= 11 is 0. The minimum absolute atomic E-state index is 0.368. The smallest absolute Gasteiger partial charge is 0.142 e. The largest absolute Gasteiger partial charge is 0.495 e. The van der Waals surface area contributed by atoms with E-state index in [1.807, 2.05) is 18.2 Å². The highest BCUT2D eigenvalue weighted by Crippen LogP contribution is 2.33. The third kappa shape index (κ3) is 3.13. The second-order valence-electron chi connectivity index (χ2n) is 4.88. The van der Waals surface area contributed by atoms with Crippen LogP contribution in [-0.2, 0) is 0 Å². The summed E-state index contributed by atoms with van der Waals surface area (Å²) in [5.41, 5.74) is 7.26. The Morgan fingerprint density at radius 1 is 1.41 bits per heavy atom. The van der Waals surface area contributed by atoms with Crippen molar-refractivity contribution in [1.29, 1.82) is 0 Å². The van der Waals surface area contributed by atoms with Gasteiger partial charge in [-0.3, -0.25) is 0 Å². The molecule has 0 bridgehead atoms. The zero-order valence-electron chi connectivity index (χ0n) is 10.7. The highest BCUT2D eigenvalue weighted by molar-refractivity contribution is 5.57. The summed E-state index contributed by atoms with van der Waals surface area (Å²) in [4.78, 5) is 2.22. The molecule has 0 heterocycles. The topological polar surface area (TPSA) is 38.5 Å². The lowest BCUT2D eigenvalue weighted by Gasteiger charge is -2.23. The van der Waals surface area contributed by atoms with Crippen molar-refractivity contribution in [2.24, 2.45) is 11.7 Å². The summed E-state index contributed by atoms with van der Waals surface area (Å²) in [6, 6.07) is 8.47. The number of rotatable bonds is 6. The Hall–Kier alpha value is -1.22. The lowest BCUT2D eigenvalue weighted by molar-refractivity contribution is 0.414. The lowest BCUT2D eigenvalue weighted by Crippen LogP contribution is -2.29. The van der Waals surface area contributed by atoms with E-state index in [0.29, 0.717) is 6.04 Å². The third-order valence-electron chi connectivity index (χ3n) is 3.52. The normalized spacial score (nSPS) is 16.6. The number of ether oxygens (including phenoxy) is 1. The van der Waals surface area contributed by atoms with E-state index in [1.54, 1.807) is 7.11 Å². The minimum atomic E-state index is 0.368. The molecule has 1 aliphatic carbocycles. The molecule has 0 amide bonds. The summed E-state index contributed by atoms with van der Waals surface area (Å²) in [6.07, 6.45) is 3.69. The average molecular weight is 234 g/mol. The molecule has 2 rings (SSSR count). The van der Waals surface area contributed by atoms with Gasteiger partial charge in [-0.1, -0.05) is 12.1 Å². The zero-order valence-corrected chi connectivity index (χ0v) is 10.7. The van der Waals surface area contributed by atoms with Crippen molar-refractivity contribution >= 4 is 5.69 Å². The van der Waals surface area contributed by atoms with Gasteiger partial charge in [0.1, 0.15) is 5.75 Å². The van der Waals surface area contributed by atoms with Crippen molar-refractivity contribution in [3.05, 3.63) is 24.3 Å². The number of para-hydroxylation sites is 2. The van der Waals surface area contributed by atoms with Crippen LogP contribution in [0.4, 0.5) is 5.69 Å². The van der Waals surface area contributed by atoms with E-state index in [2.05, 4.69) is 18.0 Å². The van der Waals surface area contributed by atoms with Crippen molar-refractivity contribution in [2.45, 2.75) is 25.3 Å². The standard InChI is InChI=1S/C14H22N2O/c1-16(10-9-12(15)11-7-8-11)13-5-3-4-6-14(13)17-2/h3-6,11-12H,7-10,15H2,1-2H3. The molecule has 1 fully saturated rings. The minimum Gasteiger partial charge on any atom is -0.495 e. The second-order valence-corrected chi connectivity index (χ2v) is 4.88. The first-order valence-corrected chi connectivity index (χ1v) is 6.32. The second kappa shape index (κ2) is 5.41. The molecule has 0 radical (unpaired) electrons. The molecule has 94 valence electrons. The Balaban J connectivity index is 1.91. The predicted octanol–water partition coefficient (Wildman–Crippen LogP) is 2.26. The van der Waals surface area contributed by atoms with Gasteiger partial charge >= 0.3 is 0 Å². The van der Waals surface area contributed by atoms with E-state index in [0.717, 1.165) is 30.3 Å². The van der Waals surface area contributed by atoms with Crippen molar-refractivity contribution in [2.75, 3.05) is 25.6 Å². The first-order valence-electron chi connectivity index (χ1n) is 6.32. The number of anilines is 1. The molecule has 1 aromatic carbocycles. The lowest BCUT2D eigenvalue weighted by atomic mass is 10.1. The molecule has 1 atom stereocenters. The molecule has 1 aromatic rings. The van der Waals surface area contributed by atoms with Gasteiger partial charge in [0.2, 0.25) is 0 Å². The zero-order chi connectivity index (χ0) is 12.3. The van der Waals surface area contributed by atoms with E-state index in [9.17, 15) is 0 Å². The van der Waals surface area contributed by atoms with Gasteiger partial charge in [-0.25, -0.2) is 0 Å². The van der Waals surface area contributed by atoms with E-state index >= 15 is 0 Å². The molecular formula is C14H22N2O. The van der Waals surface area contributed by atoms with Crippen molar-refractivity contribution in [3.63, 3.8) is 0 Å². The Labute approximate surface area is 104 Å². The number of nitrogens with two attached hydrogens (primary N) is 1. The van der Waals surface area contributed by atoms with Crippen LogP contribution in [0, 0.1) is 5.92 Å². The number of hydrogen-bond donors (Lipinski definition) is 1. The number of methoxy groups -OCH3 is 1. The van der Waals surface area contributed by atoms with Gasteiger partial charge in [-0.15, -0.1) is 0 Å². The Morgan fingerprint density at radius 3 is 2.76 bits per heavy atom. The van der Waals surface area contributed by atoms with Crippen LogP contribution in [0.25, 0.3) is 0 Å². The molecule has 2 N–H and O–H groups in total. The molecule has 3 nitrogen and oxygen atoms in total. The van der Waals surface area contributed by atoms with Crippen molar-refractivity contribution in [3.8, 4) is 5.75 Å². The number of benzene rings is 1. The average Bonchev–Trinajstić information content (AvgIpc) is 3.19. The molecule has 3 heteroatoms. The van der Waals surface area contributed by atoms with Crippen LogP contribution in [0.15, 0.2) is 24.3 Å². The number of nitrogens with zero attached hydrogens (tertiary/aromatic N) is 1. The summed E-state index contributed by atoms with van der Waals surface area (Å²) in [6.45, 7) is 0.984. The van der Waals surface area contributed by atoms with Gasteiger partial charge in [0.05, 0.1) is 12.8 Å². The van der Waals surface area contributed by atoms with Gasteiger partial charge in [0.15, 0.2) is 0 Å². The van der Waals surface area contributed by atoms with Crippen LogP contribution in [0.5, 0.6) is 5.75 Å². The maximum atomic E-state index is 6.12. The molecule has 0 aromatic heterocycles. The molecule has 1 aliphatic rings. The van der Waals surface area contributed by atoms with Crippen molar-refractivity contribution < 1.29 is 4.74 Å². The van der Waals surface area contributed by atoms with Gasteiger partial charge in [0.25, 0.3) is 0 Å². The van der Waals surface area contributed by atoms with Crippen LogP contribution >= 0.6 is 0 Å². The Morgan fingerprint density at radius 2 is 2.12 bits per heavy atom. The first kappa shape index (κ1) is 12.2. The van der Waals surface area contributed by atoms with Crippen LogP contribution in [0.1, 0.15) is 19.3 Å². The van der Waals surface area contributed by atoms with E-state index in [4.69, 9.17) is 10.5 Å². The summed E-state index contributed by atoms with van der Waals surface area (Å²) < 4.78 is 5.36. The number of hydrogen-bond acceptors (Lipinski definition) is 3. The molecule has 17 heavy (non-hydrogen) atoms. The highest BCUT2D eigenvalue weighted by atomic mass is 16.5. The first-order chi connectivity index (χ1) is 8.22. The van der Waals surface area contributed by atoms with Gasteiger partial charge in [-0.2, -0.15) is 0 Å². The molecule has 0 saturated heterocycles. The highest BCUT2D eigenvalue weighted by Gasteiger charge is 2.28. The Bertz CT molecular complexity index is 363. The van der Waals surface area contributed by atoms with Crippen LogP contribution in [-0.4, -0.2) is 26.7 Å². The fraction of sp³-hybridized carbons (Fsp3) is 0.571. The van der Waals surface area contributed by atoms with E-state index in [1.165, 1.54) is 12.8 Å². The predicted molar refractivity (Wildman–Crippen MR) is 71.6 cm³/mol. The third-order valence-corrected chi connectivity index (χ3v) is 3.52. The fourth-order valence-electron chi connectivity index (χ4n) is 2.17. The van der Waals surface area contributed by atoms with E-state index < -0.39 is 0 Å². The molecule has 0 aliphatic heterocycles. The fourth-order valence-corrected chi connectivity index (χ4v) is 2.17. The summed E-state index contributed by atoms with van der Waals surface area (Å²) in [7, 11) is 3.81. The SMILES string of the molecule is COc1ccccc1N(C)CCC(N)C1CC1. The maximum Gasteiger partial charge on any atom is 0.142 e.